The van der Waals surface area contributed by atoms with Crippen LogP contribution in [0.1, 0.15) is 54.0 Å². The Morgan fingerprint density at radius 1 is 1.08 bits per heavy atom. The normalized spacial score (nSPS) is 13.0. The topological polar surface area (TPSA) is 73.9 Å². The first-order valence-corrected chi connectivity index (χ1v) is 8.23. The predicted molar refractivity (Wildman–Crippen MR) is 96.2 cm³/mol. The van der Waals surface area contributed by atoms with E-state index in [1.807, 2.05) is 26.8 Å². The molecule has 0 radical (unpaired) electrons. The zero-order chi connectivity index (χ0) is 19.4. The standard InChI is InChI=1S/C19H29NO5/c1-12(20-17(22)25-19(5,6)7)16(21)24-15-10-9-13(23-8)11-14(15)18(2,3)4/h9-12H,1-8H3,(H,20,22)/t12-/m0/s1. The van der Waals surface area contributed by atoms with Gasteiger partial charge in [-0.05, 0) is 51.3 Å². The molecule has 0 bridgehead atoms. The monoisotopic (exact) mass is 351 g/mol. The third-order valence-electron chi connectivity index (χ3n) is 3.29. The van der Waals surface area contributed by atoms with Gasteiger partial charge in [-0.1, -0.05) is 20.8 Å². The second kappa shape index (κ2) is 7.76. The molecule has 0 aliphatic rings. The maximum absolute atomic E-state index is 12.3. The fourth-order valence-electron chi connectivity index (χ4n) is 2.05. The van der Waals surface area contributed by atoms with E-state index in [0.29, 0.717) is 11.5 Å². The van der Waals surface area contributed by atoms with Gasteiger partial charge in [-0.3, -0.25) is 0 Å². The van der Waals surface area contributed by atoms with Crippen molar-refractivity contribution in [2.45, 2.75) is 65.5 Å². The van der Waals surface area contributed by atoms with Crippen LogP contribution in [-0.2, 0) is 14.9 Å². The van der Waals surface area contributed by atoms with Crippen LogP contribution >= 0.6 is 0 Å². The smallest absolute Gasteiger partial charge is 0.408 e. The predicted octanol–water partition coefficient (Wildman–Crippen LogP) is 3.81. The summed E-state index contributed by atoms with van der Waals surface area (Å²) in [7, 11) is 1.58. The number of carbonyl (C=O) groups excluding carboxylic acids is 2. The number of alkyl carbamates (subject to hydrolysis) is 1. The van der Waals surface area contributed by atoms with Crippen LogP contribution in [0.15, 0.2) is 18.2 Å². The van der Waals surface area contributed by atoms with Gasteiger partial charge in [0.15, 0.2) is 0 Å². The molecular formula is C19H29NO5. The van der Waals surface area contributed by atoms with Crippen molar-refractivity contribution in [1.82, 2.24) is 5.32 Å². The molecule has 0 saturated heterocycles. The van der Waals surface area contributed by atoms with Crippen molar-refractivity contribution in [3.8, 4) is 11.5 Å². The number of benzene rings is 1. The van der Waals surface area contributed by atoms with Crippen LogP contribution in [0.5, 0.6) is 11.5 Å². The minimum atomic E-state index is -0.843. The molecule has 6 nitrogen and oxygen atoms in total. The Kier molecular flexibility index (Phi) is 6.46. The summed E-state index contributed by atoms with van der Waals surface area (Å²) in [4.78, 5) is 24.1. The lowest BCUT2D eigenvalue weighted by molar-refractivity contribution is -0.136. The number of carbonyl (C=O) groups is 2. The van der Waals surface area contributed by atoms with E-state index < -0.39 is 23.7 Å². The molecule has 0 unspecified atom stereocenters. The lowest BCUT2D eigenvalue weighted by atomic mass is 9.86. The highest BCUT2D eigenvalue weighted by Gasteiger charge is 2.25. The summed E-state index contributed by atoms with van der Waals surface area (Å²) in [5, 5.41) is 2.48. The molecule has 1 rings (SSSR count). The number of esters is 1. The van der Waals surface area contributed by atoms with Gasteiger partial charge in [0.1, 0.15) is 23.1 Å². The molecule has 0 aliphatic carbocycles. The van der Waals surface area contributed by atoms with Crippen LogP contribution in [0.2, 0.25) is 0 Å². The zero-order valence-corrected chi connectivity index (χ0v) is 16.4. The van der Waals surface area contributed by atoms with Gasteiger partial charge < -0.3 is 19.5 Å². The summed E-state index contributed by atoms with van der Waals surface area (Å²) in [6.45, 7) is 12.9. The van der Waals surface area contributed by atoms with Crippen LogP contribution in [-0.4, -0.2) is 30.8 Å². The molecule has 0 saturated carbocycles. The first-order chi connectivity index (χ1) is 11.3. The SMILES string of the molecule is COc1ccc(OC(=O)[C@H](C)NC(=O)OC(C)(C)C)c(C(C)(C)C)c1. The molecule has 1 N–H and O–H groups in total. The molecule has 1 aromatic carbocycles. The van der Waals surface area contributed by atoms with E-state index in [2.05, 4.69) is 5.32 Å². The first-order valence-electron chi connectivity index (χ1n) is 8.23. The molecule has 0 fully saturated rings. The van der Waals surface area contributed by atoms with Gasteiger partial charge in [0.2, 0.25) is 0 Å². The van der Waals surface area contributed by atoms with Crippen molar-refractivity contribution >= 4 is 12.1 Å². The van der Waals surface area contributed by atoms with E-state index in [1.54, 1.807) is 46.9 Å². The number of hydrogen-bond donors (Lipinski definition) is 1. The Labute approximate surface area is 149 Å². The van der Waals surface area contributed by atoms with Gasteiger partial charge in [0.25, 0.3) is 0 Å². The Morgan fingerprint density at radius 3 is 2.16 bits per heavy atom. The summed E-state index contributed by atoms with van der Waals surface area (Å²) in [6, 6.07) is 4.42. The van der Waals surface area contributed by atoms with Gasteiger partial charge in [-0.2, -0.15) is 0 Å². The van der Waals surface area contributed by atoms with Crippen molar-refractivity contribution in [1.29, 1.82) is 0 Å². The Bertz CT molecular complexity index is 626. The number of methoxy groups -OCH3 is 1. The first kappa shape index (κ1) is 20.8. The van der Waals surface area contributed by atoms with Crippen molar-refractivity contribution in [3.63, 3.8) is 0 Å². The number of hydrogen-bond acceptors (Lipinski definition) is 5. The lowest BCUT2D eigenvalue weighted by Gasteiger charge is -2.24. The van der Waals surface area contributed by atoms with Crippen LogP contribution in [0.25, 0.3) is 0 Å². The molecular weight excluding hydrogens is 322 g/mol. The average molecular weight is 351 g/mol. The Morgan fingerprint density at radius 2 is 1.68 bits per heavy atom. The van der Waals surface area contributed by atoms with Gasteiger partial charge in [-0.15, -0.1) is 0 Å². The van der Waals surface area contributed by atoms with Crippen LogP contribution < -0.4 is 14.8 Å². The maximum atomic E-state index is 12.3. The van der Waals surface area contributed by atoms with E-state index in [-0.39, 0.29) is 5.41 Å². The highest BCUT2D eigenvalue weighted by atomic mass is 16.6. The minimum Gasteiger partial charge on any atom is -0.497 e. The number of ether oxygens (including phenoxy) is 3. The Balaban J connectivity index is 2.88. The molecule has 6 heteroatoms. The number of rotatable bonds is 4. The van der Waals surface area contributed by atoms with Crippen molar-refractivity contribution in [3.05, 3.63) is 23.8 Å². The zero-order valence-electron chi connectivity index (χ0n) is 16.4. The molecule has 0 spiro atoms. The summed E-state index contributed by atoms with van der Waals surface area (Å²) < 4.78 is 15.9. The van der Waals surface area contributed by atoms with Gasteiger partial charge >= 0.3 is 12.1 Å². The number of nitrogens with one attached hydrogen (secondary N) is 1. The van der Waals surface area contributed by atoms with Crippen molar-refractivity contribution in [2.75, 3.05) is 7.11 Å². The minimum absolute atomic E-state index is 0.244. The molecule has 0 heterocycles. The molecule has 0 aromatic heterocycles. The van der Waals surface area contributed by atoms with E-state index in [1.165, 1.54) is 0 Å². The molecule has 1 aromatic rings. The third kappa shape index (κ3) is 6.64. The molecule has 1 atom stereocenters. The fraction of sp³-hybridized carbons (Fsp3) is 0.579. The van der Waals surface area contributed by atoms with Crippen molar-refractivity contribution < 1.29 is 23.8 Å². The maximum Gasteiger partial charge on any atom is 0.408 e. The van der Waals surface area contributed by atoms with Gasteiger partial charge in [0, 0.05) is 5.56 Å². The largest absolute Gasteiger partial charge is 0.497 e. The highest BCUT2D eigenvalue weighted by Crippen LogP contribution is 2.34. The quantitative estimate of drug-likeness (QED) is 0.659. The second-order valence-corrected chi connectivity index (χ2v) is 7.90. The van der Waals surface area contributed by atoms with Gasteiger partial charge in [-0.25, -0.2) is 9.59 Å². The highest BCUT2D eigenvalue weighted by molar-refractivity contribution is 5.82. The van der Waals surface area contributed by atoms with E-state index in [0.717, 1.165) is 5.56 Å². The van der Waals surface area contributed by atoms with E-state index in [4.69, 9.17) is 14.2 Å². The molecule has 1 amide bonds. The average Bonchev–Trinajstić information content (AvgIpc) is 2.44. The summed E-state index contributed by atoms with van der Waals surface area (Å²) in [5.74, 6) is 0.558. The summed E-state index contributed by atoms with van der Waals surface area (Å²) >= 11 is 0. The number of amides is 1. The fourth-order valence-corrected chi connectivity index (χ4v) is 2.05. The Hall–Kier alpha value is -2.24. The third-order valence-corrected chi connectivity index (χ3v) is 3.29. The van der Waals surface area contributed by atoms with Gasteiger partial charge in [0.05, 0.1) is 7.11 Å². The van der Waals surface area contributed by atoms with Crippen LogP contribution in [0.4, 0.5) is 4.79 Å². The van der Waals surface area contributed by atoms with E-state index >= 15 is 0 Å². The summed E-state index contributed by atoms with van der Waals surface area (Å²) in [6.07, 6.45) is -0.664. The lowest BCUT2D eigenvalue weighted by Crippen LogP contribution is -2.43. The molecule has 140 valence electrons. The molecule has 25 heavy (non-hydrogen) atoms. The van der Waals surface area contributed by atoms with Crippen LogP contribution in [0.3, 0.4) is 0 Å². The van der Waals surface area contributed by atoms with Crippen LogP contribution in [0, 0.1) is 0 Å². The summed E-state index contributed by atoms with van der Waals surface area (Å²) in [5.41, 5.74) is -0.0422. The molecule has 0 aliphatic heterocycles. The van der Waals surface area contributed by atoms with E-state index in [9.17, 15) is 9.59 Å². The van der Waals surface area contributed by atoms with Crippen molar-refractivity contribution in [2.24, 2.45) is 0 Å². The second-order valence-electron chi connectivity index (χ2n) is 7.90.